The van der Waals surface area contributed by atoms with Crippen molar-refractivity contribution in [3.63, 3.8) is 0 Å². The van der Waals surface area contributed by atoms with E-state index in [9.17, 15) is 19.2 Å². The van der Waals surface area contributed by atoms with E-state index in [-0.39, 0.29) is 26.9 Å². The summed E-state index contributed by atoms with van der Waals surface area (Å²) < 4.78 is 4.79. The fourth-order valence-corrected chi connectivity index (χ4v) is 4.90. The third-order valence-corrected chi connectivity index (χ3v) is 6.41. The fraction of sp³-hybridized carbons (Fsp3) is 0.100. The highest BCUT2D eigenvalue weighted by molar-refractivity contribution is 7.19. The molecule has 0 fully saturated rings. The van der Waals surface area contributed by atoms with E-state index in [4.69, 9.17) is 4.74 Å². The zero-order chi connectivity index (χ0) is 19.8. The van der Waals surface area contributed by atoms with Gasteiger partial charge in [-0.3, -0.25) is 14.4 Å². The summed E-state index contributed by atoms with van der Waals surface area (Å²) in [6.45, 7) is 0. The van der Waals surface area contributed by atoms with Crippen molar-refractivity contribution < 1.29 is 23.9 Å². The first-order valence-corrected chi connectivity index (χ1v) is 9.95. The molecule has 0 bridgehead atoms. The molecule has 140 valence electrons. The summed E-state index contributed by atoms with van der Waals surface area (Å²) in [4.78, 5) is 51.0. The number of carbonyl (C=O) groups excluding carboxylic acids is 4. The maximum absolute atomic E-state index is 12.8. The van der Waals surface area contributed by atoms with Crippen molar-refractivity contribution in [2.24, 2.45) is 0 Å². The minimum Gasteiger partial charge on any atom is -0.467 e. The van der Waals surface area contributed by atoms with Gasteiger partial charge in [0.05, 0.1) is 21.7 Å². The lowest BCUT2D eigenvalue weighted by Gasteiger charge is -2.16. The Bertz CT molecular complexity index is 1060. The fourth-order valence-electron chi connectivity index (χ4n) is 3.00. The Morgan fingerprint density at radius 2 is 1.75 bits per heavy atom. The van der Waals surface area contributed by atoms with Crippen molar-refractivity contribution in [2.45, 2.75) is 6.04 Å². The number of hydrogen-bond acceptors (Lipinski definition) is 7. The molecule has 28 heavy (non-hydrogen) atoms. The summed E-state index contributed by atoms with van der Waals surface area (Å²) in [7, 11) is 1.24. The van der Waals surface area contributed by atoms with E-state index < -0.39 is 17.9 Å². The van der Waals surface area contributed by atoms with Crippen LogP contribution in [0.4, 0.5) is 0 Å². The monoisotopic (exact) mass is 411 g/mol. The summed E-state index contributed by atoms with van der Waals surface area (Å²) in [5.74, 6) is -1.69. The number of rotatable bonds is 4. The van der Waals surface area contributed by atoms with Gasteiger partial charge < -0.3 is 10.1 Å². The van der Waals surface area contributed by atoms with Gasteiger partial charge in [-0.1, -0.05) is 30.3 Å². The second-order valence-corrected chi connectivity index (χ2v) is 7.98. The highest BCUT2D eigenvalue weighted by atomic mass is 32.1. The Labute approximate surface area is 167 Å². The molecule has 0 unspecified atom stereocenters. The summed E-state index contributed by atoms with van der Waals surface area (Å²) in [6.07, 6.45) is 0. The van der Waals surface area contributed by atoms with Crippen LogP contribution in [0.25, 0.3) is 0 Å². The number of amides is 1. The Kier molecular flexibility index (Phi) is 4.66. The van der Waals surface area contributed by atoms with Gasteiger partial charge >= 0.3 is 5.97 Å². The average molecular weight is 411 g/mol. The zero-order valence-corrected chi connectivity index (χ0v) is 16.2. The van der Waals surface area contributed by atoms with E-state index in [0.29, 0.717) is 16.0 Å². The van der Waals surface area contributed by atoms with Gasteiger partial charge in [-0.05, 0) is 23.1 Å². The van der Waals surface area contributed by atoms with Crippen molar-refractivity contribution in [1.82, 2.24) is 5.32 Å². The summed E-state index contributed by atoms with van der Waals surface area (Å²) in [5, 5.41) is 4.33. The maximum Gasteiger partial charge on any atom is 0.333 e. The lowest BCUT2D eigenvalue weighted by molar-refractivity contribution is -0.143. The summed E-state index contributed by atoms with van der Waals surface area (Å²) in [5.41, 5.74) is 1.16. The zero-order valence-electron chi connectivity index (χ0n) is 14.6. The van der Waals surface area contributed by atoms with Gasteiger partial charge in [-0.2, -0.15) is 0 Å². The van der Waals surface area contributed by atoms with Crippen LogP contribution in [0, 0.1) is 0 Å². The second kappa shape index (κ2) is 7.14. The van der Waals surface area contributed by atoms with Gasteiger partial charge in [0.2, 0.25) is 5.78 Å². The van der Waals surface area contributed by atoms with Crippen LogP contribution in [0.1, 0.15) is 51.7 Å². The van der Waals surface area contributed by atoms with Crippen LogP contribution in [-0.2, 0) is 9.53 Å². The number of methoxy groups -OCH3 is 1. The van der Waals surface area contributed by atoms with Crippen LogP contribution >= 0.6 is 22.7 Å². The van der Waals surface area contributed by atoms with Gasteiger partial charge in [0.25, 0.3) is 5.91 Å². The number of nitrogens with one attached hydrogen (secondary N) is 1. The highest BCUT2D eigenvalue weighted by Crippen LogP contribution is 2.35. The van der Waals surface area contributed by atoms with Crippen LogP contribution < -0.4 is 5.32 Å². The first kappa shape index (κ1) is 18.3. The van der Waals surface area contributed by atoms with E-state index in [2.05, 4.69) is 5.32 Å². The van der Waals surface area contributed by atoms with Crippen LogP contribution in [0.3, 0.4) is 0 Å². The van der Waals surface area contributed by atoms with E-state index in [1.165, 1.54) is 24.5 Å². The summed E-state index contributed by atoms with van der Waals surface area (Å²) in [6, 6.07) is 10.7. The molecule has 0 saturated heterocycles. The Morgan fingerprint density at radius 3 is 2.46 bits per heavy atom. The highest BCUT2D eigenvalue weighted by Gasteiger charge is 2.34. The SMILES string of the molecule is COC(=O)[C@@H](NC(=O)c1cc2c(s1)C(=O)c1sccc1C2=O)c1ccccc1. The molecule has 1 N–H and O–H groups in total. The predicted molar refractivity (Wildman–Crippen MR) is 104 cm³/mol. The minimum atomic E-state index is -0.995. The lowest BCUT2D eigenvalue weighted by Crippen LogP contribution is -2.34. The first-order chi connectivity index (χ1) is 13.5. The molecule has 1 amide bonds. The summed E-state index contributed by atoms with van der Waals surface area (Å²) >= 11 is 2.16. The molecule has 2 aromatic heterocycles. The number of esters is 1. The quantitative estimate of drug-likeness (QED) is 0.521. The van der Waals surface area contributed by atoms with Crippen LogP contribution in [0.5, 0.6) is 0 Å². The lowest BCUT2D eigenvalue weighted by atomic mass is 9.95. The first-order valence-electron chi connectivity index (χ1n) is 8.25. The van der Waals surface area contributed by atoms with Crippen LogP contribution in [0.2, 0.25) is 0 Å². The number of hydrogen-bond donors (Lipinski definition) is 1. The van der Waals surface area contributed by atoms with E-state index >= 15 is 0 Å². The van der Waals surface area contributed by atoms with Crippen molar-refractivity contribution in [3.05, 3.63) is 79.2 Å². The third kappa shape index (κ3) is 2.96. The molecule has 3 aromatic rings. The Hall–Kier alpha value is -3.10. The van der Waals surface area contributed by atoms with E-state index in [1.54, 1.807) is 41.8 Å². The average Bonchev–Trinajstić information content (AvgIpc) is 3.38. The molecule has 0 spiro atoms. The standard InChI is InChI=1S/C20H13NO5S2/c1-26-20(25)14(10-5-3-2-4-6-10)21-19(24)13-9-12-15(22)11-7-8-27-17(11)16(23)18(12)28-13/h2-9,14H,1H3,(H,21,24)/t14-/m0/s1. The largest absolute Gasteiger partial charge is 0.467 e. The normalized spacial score (nSPS) is 13.5. The number of ether oxygens (including phenoxy) is 1. The molecule has 0 aliphatic heterocycles. The van der Waals surface area contributed by atoms with Gasteiger partial charge in [0.1, 0.15) is 0 Å². The molecule has 1 aliphatic rings. The third-order valence-electron chi connectivity index (χ3n) is 4.37. The maximum atomic E-state index is 12.8. The van der Waals surface area contributed by atoms with Crippen molar-refractivity contribution in [2.75, 3.05) is 7.11 Å². The Morgan fingerprint density at radius 1 is 1.00 bits per heavy atom. The van der Waals surface area contributed by atoms with E-state index in [0.717, 1.165) is 11.3 Å². The van der Waals surface area contributed by atoms with Crippen LogP contribution in [0.15, 0.2) is 47.8 Å². The molecular formula is C20H13NO5S2. The minimum absolute atomic E-state index is 0.187. The number of benzene rings is 1. The van der Waals surface area contributed by atoms with Crippen molar-refractivity contribution >= 4 is 46.1 Å². The van der Waals surface area contributed by atoms with Gasteiger partial charge in [-0.15, -0.1) is 22.7 Å². The van der Waals surface area contributed by atoms with Crippen LogP contribution in [-0.4, -0.2) is 30.6 Å². The van der Waals surface area contributed by atoms with Crippen molar-refractivity contribution in [1.29, 1.82) is 0 Å². The van der Waals surface area contributed by atoms with Gasteiger partial charge in [-0.25, -0.2) is 4.79 Å². The molecule has 2 heterocycles. The molecule has 0 radical (unpaired) electrons. The van der Waals surface area contributed by atoms with E-state index in [1.807, 2.05) is 0 Å². The molecule has 6 nitrogen and oxygen atoms in total. The van der Waals surface area contributed by atoms with Gasteiger partial charge in [0, 0.05) is 11.1 Å². The molecule has 4 rings (SSSR count). The second-order valence-electron chi connectivity index (χ2n) is 6.02. The predicted octanol–water partition coefficient (Wildman–Crippen LogP) is 3.23. The topological polar surface area (TPSA) is 89.5 Å². The number of ketones is 2. The molecular weight excluding hydrogens is 398 g/mol. The number of thiophene rings is 2. The van der Waals surface area contributed by atoms with Crippen molar-refractivity contribution in [3.8, 4) is 0 Å². The molecule has 1 atom stereocenters. The smallest absolute Gasteiger partial charge is 0.333 e. The van der Waals surface area contributed by atoms with Gasteiger partial charge in [0.15, 0.2) is 11.8 Å². The molecule has 1 aliphatic carbocycles. The molecule has 0 saturated carbocycles. The molecule has 8 heteroatoms. The molecule has 1 aromatic carbocycles. The number of carbonyl (C=O) groups is 4. The number of fused-ring (bicyclic) bond motifs is 2. The Balaban J connectivity index is 1.65.